The number of phenols is 1. The van der Waals surface area contributed by atoms with Crippen molar-refractivity contribution in [2.75, 3.05) is 13.7 Å². The molecule has 0 saturated carbocycles. The Hall–Kier alpha value is -4.16. The summed E-state index contributed by atoms with van der Waals surface area (Å²) in [6.07, 6.45) is 2.47. The summed E-state index contributed by atoms with van der Waals surface area (Å²) in [6, 6.07) is 10.4. The predicted molar refractivity (Wildman–Crippen MR) is 186 cm³/mol. The Bertz CT molecular complexity index is 1650. The fraction of sp³-hybridized carbons (Fsp3) is 0.444. The molecule has 0 aliphatic carbocycles. The second-order valence-corrected chi connectivity index (χ2v) is 13.7. The quantitative estimate of drug-likeness (QED) is 0.193. The van der Waals surface area contributed by atoms with Crippen molar-refractivity contribution in [3.63, 3.8) is 0 Å². The van der Waals surface area contributed by atoms with Crippen LogP contribution in [0.4, 0.5) is 0 Å². The van der Waals surface area contributed by atoms with Crippen molar-refractivity contribution in [3.8, 4) is 5.75 Å². The zero-order chi connectivity index (χ0) is 35.1. The number of ether oxygens (including phenoxy) is 1. The van der Waals surface area contributed by atoms with Gasteiger partial charge in [-0.05, 0) is 77.9 Å². The van der Waals surface area contributed by atoms with E-state index >= 15 is 0 Å². The van der Waals surface area contributed by atoms with Gasteiger partial charge >= 0.3 is 5.97 Å². The number of hydrogen-bond donors (Lipinski definition) is 5. The number of nitrogens with zero attached hydrogens (tertiary/aromatic N) is 1. The number of rotatable bonds is 4. The number of likely N-dealkylation sites (N-methyl/N-ethyl adjacent to an activating group) is 1. The highest BCUT2D eigenvalue weighted by Gasteiger charge is 2.35. The highest BCUT2D eigenvalue weighted by molar-refractivity contribution is 9.10. The number of aromatic hydroxyl groups is 1. The van der Waals surface area contributed by atoms with Crippen molar-refractivity contribution in [2.45, 2.75) is 77.6 Å². The number of allylic oxidation sites excluding steroid dienone is 2. The number of fused-ring (bicyclic) bond motifs is 1. The van der Waals surface area contributed by atoms with Crippen molar-refractivity contribution >= 4 is 50.5 Å². The monoisotopic (exact) mass is 724 g/mol. The minimum atomic E-state index is -1.29. The van der Waals surface area contributed by atoms with E-state index in [9.17, 15) is 29.4 Å². The summed E-state index contributed by atoms with van der Waals surface area (Å²) >= 11 is 3.57. The van der Waals surface area contributed by atoms with Crippen molar-refractivity contribution < 1.29 is 34.1 Å². The molecule has 2 aromatic carbocycles. The number of cyclic esters (lactones) is 1. The Morgan fingerprint density at radius 3 is 2.33 bits per heavy atom. The molecule has 6 atom stereocenters. The van der Waals surface area contributed by atoms with Gasteiger partial charge in [0.1, 0.15) is 17.8 Å². The lowest BCUT2D eigenvalue weighted by atomic mass is 9.95. The number of esters is 1. The highest BCUT2D eigenvalue weighted by Crippen LogP contribution is 2.29. The number of halogens is 1. The van der Waals surface area contributed by atoms with E-state index in [0.29, 0.717) is 23.0 Å². The van der Waals surface area contributed by atoms with Crippen LogP contribution in [0.15, 0.2) is 64.8 Å². The number of aliphatic hydroxyl groups excluding tert-OH is 1. The molecule has 12 heteroatoms. The molecule has 5 N–H and O–H groups in total. The van der Waals surface area contributed by atoms with E-state index in [2.05, 4.69) is 31.5 Å². The van der Waals surface area contributed by atoms with Crippen molar-refractivity contribution in [3.05, 3.63) is 75.9 Å². The van der Waals surface area contributed by atoms with Gasteiger partial charge in [0.15, 0.2) is 0 Å². The third kappa shape index (κ3) is 9.25. The molecular formula is C36H45BrN4O7. The van der Waals surface area contributed by atoms with Gasteiger partial charge in [0.2, 0.25) is 17.7 Å². The molecule has 0 bridgehead atoms. The Kier molecular flexibility index (Phi) is 12.4. The number of carbonyl (C=O) groups is 4. The van der Waals surface area contributed by atoms with Crippen molar-refractivity contribution in [2.24, 2.45) is 11.8 Å². The number of aromatic amines is 1. The number of para-hydroxylation sites is 1. The maximum absolute atomic E-state index is 14.3. The number of nitrogens with one attached hydrogen (secondary N) is 3. The van der Waals surface area contributed by atoms with Gasteiger partial charge in [-0.15, -0.1) is 0 Å². The molecule has 4 rings (SSSR count). The van der Waals surface area contributed by atoms with E-state index in [1.807, 2.05) is 51.1 Å². The first-order chi connectivity index (χ1) is 22.8. The van der Waals surface area contributed by atoms with Crippen LogP contribution in [-0.4, -0.2) is 75.6 Å². The lowest BCUT2D eigenvalue weighted by Crippen LogP contribution is -2.57. The van der Waals surface area contributed by atoms with E-state index in [1.54, 1.807) is 19.1 Å². The summed E-state index contributed by atoms with van der Waals surface area (Å²) in [7, 11) is 1.45. The number of aromatic nitrogens is 1. The minimum Gasteiger partial charge on any atom is -0.508 e. The fourth-order valence-electron chi connectivity index (χ4n) is 6.30. The first kappa shape index (κ1) is 36.7. The van der Waals surface area contributed by atoms with Gasteiger partial charge in [-0.2, -0.15) is 0 Å². The maximum Gasteiger partial charge on any atom is 0.308 e. The average molecular weight is 726 g/mol. The Balaban J connectivity index is 1.76. The third-order valence-corrected chi connectivity index (χ3v) is 9.41. The maximum atomic E-state index is 14.3. The molecule has 3 aromatic rings. The summed E-state index contributed by atoms with van der Waals surface area (Å²) in [5, 5.41) is 26.7. The number of phenolic OH excluding ortho intramolecular Hbond substituents is 1. The van der Waals surface area contributed by atoms with Crippen LogP contribution in [0.3, 0.4) is 0 Å². The number of aliphatic hydroxyl groups is 1. The molecule has 1 aliphatic heterocycles. The van der Waals surface area contributed by atoms with Gasteiger partial charge in [-0.1, -0.05) is 55.8 Å². The summed E-state index contributed by atoms with van der Waals surface area (Å²) in [5.74, 6) is -2.56. The van der Waals surface area contributed by atoms with E-state index in [4.69, 9.17) is 4.74 Å². The molecule has 2 heterocycles. The second kappa shape index (κ2) is 16.3. The first-order valence-corrected chi connectivity index (χ1v) is 17.0. The van der Waals surface area contributed by atoms with Gasteiger partial charge in [0.05, 0.1) is 29.8 Å². The summed E-state index contributed by atoms with van der Waals surface area (Å²) in [4.78, 5) is 59.2. The standard InChI is InChI=1S/C36H45BrN4O7/c1-20-14-21(2)16-23(4)48-32(44)18-29(24-10-12-25(43)13-11-24)39-35(46)31(17-27-26-8-6-7-9-28(26)38-33(27)37)41(5)36(47)30(19-42)40-34(45)22(3)15-20/h6-14,21-23,29-31,38,42-43H,15-19H2,1-5H3,(H,39,46)(H,40,45)/b20-14+/t21-,22-,23-,29+,30-,31+/m0/s1. The molecule has 0 spiro atoms. The lowest BCUT2D eigenvalue weighted by molar-refractivity contribution is -0.150. The Morgan fingerprint density at radius 1 is 0.958 bits per heavy atom. The van der Waals surface area contributed by atoms with Gasteiger partial charge < -0.3 is 35.5 Å². The van der Waals surface area contributed by atoms with Gasteiger partial charge in [0, 0.05) is 30.3 Å². The normalized spacial score (nSPS) is 26.8. The molecule has 1 aromatic heterocycles. The lowest BCUT2D eigenvalue weighted by Gasteiger charge is -2.32. The number of amides is 3. The molecule has 0 saturated heterocycles. The topological polar surface area (TPSA) is 161 Å². The number of hydrogen-bond acceptors (Lipinski definition) is 7. The molecule has 0 radical (unpaired) electrons. The van der Waals surface area contributed by atoms with Crippen LogP contribution in [0.25, 0.3) is 10.9 Å². The Labute approximate surface area is 289 Å². The highest BCUT2D eigenvalue weighted by atomic mass is 79.9. The van der Waals surface area contributed by atoms with E-state index in [-0.39, 0.29) is 24.5 Å². The molecular weight excluding hydrogens is 680 g/mol. The van der Waals surface area contributed by atoms with E-state index in [1.165, 1.54) is 24.1 Å². The number of H-pyrrole nitrogens is 1. The zero-order valence-electron chi connectivity index (χ0n) is 28.0. The summed E-state index contributed by atoms with van der Waals surface area (Å²) in [5.41, 5.74) is 3.10. The predicted octanol–water partition coefficient (Wildman–Crippen LogP) is 4.67. The largest absolute Gasteiger partial charge is 0.508 e. The number of carbonyl (C=O) groups excluding carboxylic acids is 4. The van der Waals surface area contributed by atoms with E-state index < -0.39 is 60.4 Å². The average Bonchev–Trinajstić information content (AvgIpc) is 3.35. The van der Waals surface area contributed by atoms with Crippen LogP contribution in [-0.2, 0) is 30.3 Å². The van der Waals surface area contributed by atoms with Crippen molar-refractivity contribution in [1.29, 1.82) is 0 Å². The molecule has 0 unspecified atom stereocenters. The SMILES string of the molecule is C/C1=C\[C@H](C)C[C@H](C)OC(=O)C[C@H](c2ccc(O)cc2)NC(=O)[C@@H](Cc2c(Br)[nH]c3ccccc23)N(C)C(=O)[C@H](CO)NC(=O)[C@@H](C)C1. The van der Waals surface area contributed by atoms with Crippen LogP contribution < -0.4 is 10.6 Å². The van der Waals surface area contributed by atoms with Crippen molar-refractivity contribution in [1.82, 2.24) is 20.5 Å². The van der Waals surface area contributed by atoms with Gasteiger partial charge in [-0.3, -0.25) is 19.2 Å². The molecule has 1 aliphatic rings. The van der Waals surface area contributed by atoms with Crippen LogP contribution in [0, 0.1) is 11.8 Å². The first-order valence-electron chi connectivity index (χ1n) is 16.2. The van der Waals surface area contributed by atoms with E-state index in [0.717, 1.165) is 22.0 Å². The second-order valence-electron chi connectivity index (χ2n) is 12.9. The fourth-order valence-corrected chi connectivity index (χ4v) is 6.89. The van der Waals surface area contributed by atoms with Gasteiger partial charge in [0.25, 0.3) is 0 Å². The smallest absolute Gasteiger partial charge is 0.308 e. The third-order valence-electron chi connectivity index (χ3n) is 8.74. The Morgan fingerprint density at radius 2 is 1.65 bits per heavy atom. The van der Waals surface area contributed by atoms with Crippen LogP contribution in [0.5, 0.6) is 5.75 Å². The summed E-state index contributed by atoms with van der Waals surface area (Å²) in [6.45, 7) is 6.83. The molecule has 48 heavy (non-hydrogen) atoms. The molecule has 3 amide bonds. The van der Waals surface area contributed by atoms with Crippen LogP contribution >= 0.6 is 15.9 Å². The van der Waals surface area contributed by atoms with Crippen LogP contribution in [0.2, 0.25) is 0 Å². The molecule has 258 valence electrons. The molecule has 0 fully saturated rings. The molecule has 11 nitrogen and oxygen atoms in total. The zero-order valence-corrected chi connectivity index (χ0v) is 29.5. The van der Waals surface area contributed by atoms with Gasteiger partial charge in [-0.25, -0.2) is 0 Å². The summed E-state index contributed by atoms with van der Waals surface area (Å²) < 4.78 is 6.42. The minimum absolute atomic E-state index is 0.0218. The van der Waals surface area contributed by atoms with Crippen LogP contribution in [0.1, 0.15) is 64.1 Å². The number of benzene rings is 2.